The fourth-order valence-electron chi connectivity index (χ4n) is 5.64. The van der Waals surface area contributed by atoms with Gasteiger partial charge in [-0.3, -0.25) is 4.79 Å². The van der Waals surface area contributed by atoms with Crippen molar-refractivity contribution in [1.29, 1.82) is 0 Å². The molecule has 1 saturated heterocycles. The van der Waals surface area contributed by atoms with Crippen LogP contribution in [0.3, 0.4) is 0 Å². The third-order valence-electron chi connectivity index (χ3n) is 7.57. The van der Waals surface area contributed by atoms with Gasteiger partial charge in [-0.15, -0.1) is 0 Å². The molecule has 5 nitrogen and oxygen atoms in total. The fraction of sp³-hybridized carbons (Fsp3) is 0.500. The van der Waals surface area contributed by atoms with Crippen LogP contribution in [0, 0.1) is 5.82 Å². The first-order chi connectivity index (χ1) is 15.6. The monoisotopic (exact) mass is 438 g/mol. The lowest BCUT2D eigenvalue weighted by Crippen LogP contribution is -2.53. The van der Waals surface area contributed by atoms with E-state index in [0.717, 1.165) is 74.4 Å². The average molecular weight is 439 g/mol. The SMILES string of the molecule is CN(C(=O)C1(c2ccc3c(c2)OCO3)CCCCC1)C1CCN(c2ccc(F)cc2)CC1. The van der Waals surface area contributed by atoms with Gasteiger partial charge >= 0.3 is 0 Å². The Bertz CT molecular complexity index is 964. The molecule has 2 aromatic carbocycles. The molecule has 2 heterocycles. The molecule has 3 aliphatic rings. The molecule has 2 fully saturated rings. The zero-order valence-corrected chi connectivity index (χ0v) is 18.7. The molecule has 0 radical (unpaired) electrons. The molecule has 0 unspecified atom stereocenters. The number of carbonyl (C=O) groups excluding carboxylic acids is 1. The van der Waals surface area contributed by atoms with Crippen molar-refractivity contribution in [2.24, 2.45) is 0 Å². The molecule has 1 amide bonds. The molecule has 0 spiro atoms. The molecule has 5 rings (SSSR count). The molecular weight excluding hydrogens is 407 g/mol. The Morgan fingerprint density at radius 2 is 1.69 bits per heavy atom. The number of halogens is 1. The van der Waals surface area contributed by atoms with Gasteiger partial charge in [0.05, 0.1) is 5.41 Å². The lowest BCUT2D eigenvalue weighted by molar-refractivity contribution is -0.140. The third kappa shape index (κ3) is 3.80. The summed E-state index contributed by atoms with van der Waals surface area (Å²) in [4.78, 5) is 18.3. The summed E-state index contributed by atoms with van der Waals surface area (Å²) >= 11 is 0. The normalized spacial score (nSPS) is 20.2. The van der Waals surface area contributed by atoms with Gasteiger partial charge in [-0.25, -0.2) is 4.39 Å². The molecule has 0 aromatic heterocycles. The average Bonchev–Trinajstić information content (AvgIpc) is 3.32. The van der Waals surface area contributed by atoms with E-state index in [1.54, 1.807) is 0 Å². The second kappa shape index (κ2) is 8.64. The topological polar surface area (TPSA) is 42.0 Å². The van der Waals surface area contributed by atoms with Crippen LogP contribution < -0.4 is 14.4 Å². The van der Waals surface area contributed by atoms with Crippen LogP contribution >= 0.6 is 0 Å². The number of hydrogen-bond acceptors (Lipinski definition) is 4. The number of fused-ring (bicyclic) bond motifs is 1. The van der Waals surface area contributed by atoms with Gasteiger partial charge in [-0.2, -0.15) is 0 Å². The Morgan fingerprint density at radius 1 is 1.00 bits per heavy atom. The second-order valence-electron chi connectivity index (χ2n) is 9.32. The quantitative estimate of drug-likeness (QED) is 0.682. The van der Waals surface area contributed by atoms with Gasteiger partial charge in [0.25, 0.3) is 0 Å². The number of piperidine rings is 1. The van der Waals surface area contributed by atoms with Gasteiger partial charge < -0.3 is 19.3 Å². The number of rotatable bonds is 4. The molecule has 2 aromatic rings. The van der Waals surface area contributed by atoms with Crippen molar-refractivity contribution in [1.82, 2.24) is 4.90 Å². The summed E-state index contributed by atoms with van der Waals surface area (Å²) in [5.74, 6) is 1.52. The first-order valence-corrected chi connectivity index (χ1v) is 11.7. The molecule has 1 saturated carbocycles. The minimum atomic E-state index is -0.484. The Hall–Kier alpha value is -2.76. The largest absolute Gasteiger partial charge is 0.454 e. The molecule has 170 valence electrons. The van der Waals surface area contributed by atoms with Crippen molar-refractivity contribution in [2.75, 3.05) is 31.8 Å². The van der Waals surface area contributed by atoms with E-state index in [4.69, 9.17) is 9.47 Å². The minimum Gasteiger partial charge on any atom is -0.454 e. The summed E-state index contributed by atoms with van der Waals surface area (Å²) in [6, 6.07) is 12.9. The van der Waals surface area contributed by atoms with Crippen molar-refractivity contribution < 1.29 is 18.7 Å². The van der Waals surface area contributed by atoms with E-state index in [1.807, 2.05) is 36.2 Å². The van der Waals surface area contributed by atoms with Gasteiger partial charge in [-0.05, 0) is 67.6 Å². The summed E-state index contributed by atoms with van der Waals surface area (Å²) in [6.07, 6.45) is 6.90. The lowest BCUT2D eigenvalue weighted by Gasteiger charge is -2.44. The van der Waals surface area contributed by atoms with Crippen molar-refractivity contribution in [3.05, 3.63) is 53.8 Å². The van der Waals surface area contributed by atoms with Crippen molar-refractivity contribution in [3.8, 4) is 11.5 Å². The molecule has 0 atom stereocenters. The van der Waals surface area contributed by atoms with Crippen molar-refractivity contribution >= 4 is 11.6 Å². The highest BCUT2D eigenvalue weighted by Gasteiger charge is 2.45. The van der Waals surface area contributed by atoms with Gasteiger partial charge in [0.1, 0.15) is 5.82 Å². The number of ether oxygens (including phenoxy) is 2. The van der Waals surface area contributed by atoms with Crippen LogP contribution in [0.4, 0.5) is 10.1 Å². The summed E-state index contributed by atoms with van der Waals surface area (Å²) in [7, 11) is 1.98. The number of anilines is 1. The predicted molar refractivity (Wildman–Crippen MR) is 122 cm³/mol. The smallest absolute Gasteiger partial charge is 0.233 e. The predicted octanol–water partition coefficient (Wildman–Crippen LogP) is 4.88. The third-order valence-corrected chi connectivity index (χ3v) is 7.57. The van der Waals surface area contributed by atoms with Crippen LogP contribution in [0.5, 0.6) is 11.5 Å². The summed E-state index contributed by atoms with van der Waals surface area (Å²) in [6.45, 7) is 1.97. The van der Waals surface area contributed by atoms with Gasteiger partial charge in [-0.1, -0.05) is 25.3 Å². The maximum absolute atomic E-state index is 14.0. The van der Waals surface area contributed by atoms with Gasteiger partial charge in [0.2, 0.25) is 12.7 Å². The molecule has 2 aliphatic heterocycles. The highest BCUT2D eigenvalue weighted by atomic mass is 19.1. The number of carbonyl (C=O) groups is 1. The number of likely N-dealkylation sites (N-methyl/N-ethyl adjacent to an activating group) is 1. The summed E-state index contributed by atoms with van der Waals surface area (Å²) in [5, 5.41) is 0. The number of nitrogens with zero attached hydrogens (tertiary/aromatic N) is 2. The van der Waals surface area contributed by atoms with E-state index in [-0.39, 0.29) is 24.6 Å². The fourth-order valence-corrected chi connectivity index (χ4v) is 5.64. The van der Waals surface area contributed by atoms with Gasteiger partial charge in [0, 0.05) is 31.9 Å². The standard InChI is InChI=1S/C26H31FN2O3/c1-28(21-11-15-29(16-12-21)22-8-6-20(27)7-9-22)25(30)26(13-3-2-4-14-26)19-5-10-23-24(17-19)32-18-31-23/h5-10,17,21H,2-4,11-16,18H2,1H3. The van der Waals surface area contributed by atoms with Crippen LogP contribution in [-0.2, 0) is 10.2 Å². The van der Waals surface area contributed by atoms with E-state index in [9.17, 15) is 9.18 Å². The lowest BCUT2D eigenvalue weighted by atomic mass is 9.68. The van der Waals surface area contributed by atoms with Crippen LogP contribution in [-0.4, -0.2) is 43.8 Å². The van der Waals surface area contributed by atoms with Crippen molar-refractivity contribution in [2.45, 2.75) is 56.4 Å². The van der Waals surface area contributed by atoms with E-state index in [2.05, 4.69) is 11.0 Å². The molecule has 0 bridgehead atoms. The Morgan fingerprint density at radius 3 is 2.41 bits per heavy atom. The van der Waals surface area contributed by atoms with E-state index in [0.29, 0.717) is 0 Å². The first kappa shape index (κ1) is 21.1. The summed E-state index contributed by atoms with van der Waals surface area (Å²) < 4.78 is 24.4. The van der Waals surface area contributed by atoms with E-state index in [1.165, 1.54) is 18.6 Å². The summed E-state index contributed by atoms with van der Waals surface area (Å²) in [5.41, 5.74) is 1.62. The van der Waals surface area contributed by atoms with Gasteiger partial charge in [0.15, 0.2) is 11.5 Å². The Balaban J connectivity index is 1.32. The highest BCUT2D eigenvalue weighted by molar-refractivity contribution is 5.89. The molecular formula is C26H31FN2O3. The minimum absolute atomic E-state index is 0.213. The van der Waals surface area contributed by atoms with Crippen LogP contribution in [0.25, 0.3) is 0 Å². The number of amides is 1. The zero-order valence-electron chi connectivity index (χ0n) is 18.7. The zero-order chi connectivity index (χ0) is 22.1. The van der Waals surface area contributed by atoms with Crippen LogP contribution in [0.15, 0.2) is 42.5 Å². The Kier molecular flexibility index (Phi) is 5.70. The molecule has 32 heavy (non-hydrogen) atoms. The molecule has 1 aliphatic carbocycles. The number of benzene rings is 2. The number of hydrogen-bond donors (Lipinski definition) is 0. The van der Waals surface area contributed by atoms with Crippen LogP contribution in [0.2, 0.25) is 0 Å². The van der Waals surface area contributed by atoms with E-state index < -0.39 is 5.41 Å². The van der Waals surface area contributed by atoms with Crippen molar-refractivity contribution in [3.63, 3.8) is 0 Å². The first-order valence-electron chi connectivity index (χ1n) is 11.7. The van der Waals surface area contributed by atoms with E-state index >= 15 is 0 Å². The van der Waals surface area contributed by atoms with Crippen LogP contribution in [0.1, 0.15) is 50.5 Å². The molecule has 6 heteroatoms. The Labute approximate surface area is 189 Å². The highest BCUT2D eigenvalue weighted by Crippen LogP contribution is 2.45. The second-order valence-corrected chi connectivity index (χ2v) is 9.32. The molecule has 0 N–H and O–H groups in total. The maximum atomic E-state index is 14.0. The maximum Gasteiger partial charge on any atom is 0.233 e.